The molecule has 0 saturated heterocycles. The molecule has 1 aromatic carbocycles. The number of nitrogens with one attached hydrogen (secondary N) is 1. The SMILES string of the molecule is CC(C)N(C(=O)c1cccc(NC(=O)c2cccs2)c1)C1CC1. The molecule has 1 fully saturated rings. The highest BCUT2D eigenvalue weighted by Crippen LogP contribution is 2.30. The second-order valence-electron chi connectivity index (χ2n) is 6.05. The zero-order valence-corrected chi connectivity index (χ0v) is 14.1. The van der Waals surface area contributed by atoms with Crippen LogP contribution in [0.15, 0.2) is 41.8 Å². The van der Waals surface area contributed by atoms with Crippen molar-refractivity contribution in [1.82, 2.24) is 4.90 Å². The minimum absolute atomic E-state index is 0.0368. The van der Waals surface area contributed by atoms with E-state index in [4.69, 9.17) is 0 Å². The average molecular weight is 328 g/mol. The maximum absolute atomic E-state index is 12.7. The molecular weight excluding hydrogens is 308 g/mol. The van der Waals surface area contributed by atoms with Crippen molar-refractivity contribution >= 4 is 28.8 Å². The van der Waals surface area contributed by atoms with E-state index in [1.165, 1.54) is 11.3 Å². The van der Waals surface area contributed by atoms with Crippen molar-refractivity contribution < 1.29 is 9.59 Å². The summed E-state index contributed by atoms with van der Waals surface area (Å²) in [6.07, 6.45) is 2.16. The van der Waals surface area contributed by atoms with E-state index >= 15 is 0 Å². The standard InChI is InChI=1S/C18H20N2O2S/c1-12(2)20(15-8-9-15)18(22)13-5-3-6-14(11-13)19-17(21)16-7-4-10-23-16/h3-7,10-12,15H,8-9H2,1-2H3,(H,19,21). The molecule has 0 atom stereocenters. The van der Waals surface area contributed by atoms with Crippen LogP contribution in [-0.4, -0.2) is 28.8 Å². The van der Waals surface area contributed by atoms with E-state index in [0.29, 0.717) is 22.2 Å². The predicted octanol–water partition coefficient (Wildman–Crippen LogP) is 4.01. The Balaban J connectivity index is 1.76. The zero-order chi connectivity index (χ0) is 16.4. The van der Waals surface area contributed by atoms with Crippen LogP contribution in [0.4, 0.5) is 5.69 Å². The summed E-state index contributed by atoms with van der Waals surface area (Å²) in [6.45, 7) is 4.08. The highest BCUT2D eigenvalue weighted by Gasteiger charge is 2.34. The number of benzene rings is 1. The van der Waals surface area contributed by atoms with Crippen LogP contribution in [0.3, 0.4) is 0 Å². The molecule has 2 amide bonds. The number of hydrogen-bond acceptors (Lipinski definition) is 3. The van der Waals surface area contributed by atoms with Crippen LogP contribution in [0.5, 0.6) is 0 Å². The van der Waals surface area contributed by atoms with Gasteiger partial charge in [0.15, 0.2) is 0 Å². The Bertz CT molecular complexity index is 704. The van der Waals surface area contributed by atoms with E-state index in [9.17, 15) is 9.59 Å². The highest BCUT2D eigenvalue weighted by molar-refractivity contribution is 7.12. The first kappa shape index (κ1) is 15.7. The quantitative estimate of drug-likeness (QED) is 0.901. The summed E-state index contributed by atoms with van der Waals surface area (Å²) in [4.78, 5) is 27.5. The number of rotatable bonds is 5. The molecule has 0 spiro atoms. The Morgan fingerprint density at radius 1 is 1.22 bits per heavy atom. The number of thiophene rings is 1. The number of carbonyl (C=O) groups is 2. The molecule has 1 aromatic heterocycles. The molecule has 23 heavy (non-hydrogen) atoms. The summed E-state index contributed by atoms with van der Waals surface area (Å²) < 4.78 is 0. The van der Waals surface area contributed by atoms with Gasteiger partial charge in [0.1, 0.15) is 0 Å². The molecule has 1 aliphatic carbocycles. The first-order valence-corrected chi connectivity index (χ1v) is 8.72. The molecule has 1 heterocycles. The Morgan fingerprint density at radius 3 is 2.61 bits per heavy atom. The molecule has 0 aliphatic heterocycles. The lowest BCUT2D eigenvalue weighted by Gasteiger charge is -2.27. The van der Waals surface area contributed by atoms with E-state index in [1.54, 1.807) is 24.3 Å². The van der Waals surface area contributed by atoms with Crippen molar-refractivity contribution in [1.29, 1.82) is 0 Å². The van der Waals surface area contributed by atoms with Crippen LogP contribution >= 0.6 is 11.3 Å². The maximum atomic E-state index is 12.7. The van der Waals surface area contributed by atoms with Crippen LogP contribution in [0.25, 0.3) is 0 Å². The number of anilines is 1. The Morgan fingerprint density at radius 2 is 2.00 bits per heavy atom. The van der Waals surface area contributed by atoms with Crippen molar-refractivity contribution in [3.8, 4) is 0 Å². The Kier molecular flexibility index (Phi) is 4.48. The number of nitrogens with zero attached hydrogens (tertiary/aromatic N) is 1. The van der Waals surface area contributed by atoms with Crippen molar-refractivity contribution in [3.63, 3.8) is 0 Å². The van der Waals surface area contributed by atoms with Gasteiger partial charge < -0.3 is 10.2 Å². The van der Waals surface area contributed by atoms with Gasteiger partial charge in [0.2, 0.25) is 0 Å². The second kappa shape index (κ2) is 6.54. The number of hydrogen-bond donors (Lipinski definition) is 1. The van der Waals surface area contributed by atoms with E-state index in [0.717, 1.165) is 12.8 Å². The molecule has 1 aliphatic rings. The fourth-order valence-electron chi connectivity index (χ4n) is 2.65. The van der Waals surface area contributed by atoms with Crippen LogP contribution in [-0.2, 0) is 0 Å². The van der Waals surface area contributed by atoms with Gasteiger partial charge in [-0.2, -0.15) is 0 Å². The van der Waals surface area contributed by atoms with E-state index in [-0.39, 0.29) is 17.9 Å². The van der Waals surface area contributed by atoms with Gasteiger partial charge in [0.25, 0.3) is 11.8 Å². The smallest absolute Gasteiger partial charge is 0.265 e. The summed E-state index contributed by atoms with van der Waals surface area (Å²) in [5.74, 6) is -0.109. The lowest BCUT2D eigenvalue weighted by atomic mass is 10.1. The minimum Gasteiger partial charge on any atom is -0.333 e. The van der Waals surface area contributed by atoms with Crippen LogP contribution < -0.4 is 5.32 Å². The van der Waals surface area contributed by atoms with Crippen molar-refractivity contribution in [3.05, 3.63) is 52.2 Å². The molecule has 0 bridgehead atoms. The second-order valence-corrected chi connectivity index (χ2v) is 7.00. The lowest BCUT2D eigenvalue weighted by molar-refractivity contribution is 0.0690. The van der Waals surface area contributed by atoms with Crippen molar-refractivity contribution in [2.45, 2.75) is 38.8 Å². The molecule has 1 N–H and O–H groups in total. The van der Waals surface area contributed by atoms with Crippen molar-refractivity contribution in [2.75, 3.05) is 5.32 Å². The van der Waals surface area contributed by atoms with Gasteiger partial charge in [0.05, 0.1) is 4.88 Å². The molecule has 0 radical (unpaired) electrons. The van der Waals surface area contributed by atoms with Gasteiger partial charge in [-0.25, -0.2) is 0 Å². The molecule has 0 unspecified atom stereocenters. The normalized spacial score (nSPS) is 13.9. The molecule has 120 valence electrons. The molecule has 5 heteroatoms. The van der Waals surface area contributed by atoms with E-state index in [1.807, 2.05) is 36.3 Å². The predicted molar refractivity (Wildman–Crippen MR) is 93.0 cm³/mol. The monoisotopic (exact) mass is 328 g/mol. The van der Waals surface area contributed by atoms with Crippen LogP contribution in [0.2, 0.25) is 0 Å². The molecule has 1 saturated carbocycles. The largest absolute Gasteiger partial charge is 0.333 e. The maximum Gasteiger partial charge on any atom is 0.265 e. The Hall–Kier alpha value is -2.14. The summed E-state index contributed by atoms with van der Waals surface area (Å²) >= 11 is 1.39. The Labute approximate surface area is 140 Å². The van der Waals surface area contributed by atoms with Crippen LogP contribution in [0.1, 0.15) is 46.7 Å². The highest BCUT2D eigenvalue weighted by atomic mass is 32.1. The fourth-order valence-corrected chi connectivity index (χ4v) is 3.27. The number of amides is 2. The summed E-state index contributed by atoms with van der Waals surface area (Å²) in [6, 6.07) is 11.3. The lowest BCUT2D eigenvalue weighted by Crippen LogP contribution is -2.38. The van der Waals surface area contributed by atoms with Gasteiger partial charge in [-0.15, -0.1) is 11.3 Å². The zero-order valence-electron chi connectivity index (χ0n) is 13.3. The van der Waals surface area contributed by atoms with Gasteiger partial charge in [0, 0.05) is 23.3 Å². The van der Waals surface area contributed by atoms with Gasteiger partial charge in [-0.05, 0) is 56.3 Å². The topological polar surface area (TPSA) is 49.4 Å². The third-order valence-corrected chi connectivity index (χ3v) is 4.71. The van der Waals surface area contributed by atoms with E-state index in [2.05, 4.69) is 5.32 Å². The third kappa shape index (κ3) is 3.62. The van der Waals surface area contributed by atoms with Gasteiger partial charge in [-0.3, -0.25) is 9.59 Å². The summed E-state index contributed by atoms with van der Waals surface area (Å²) in [5, 5.41) is 4.72. The molecular formula is C18H20N2O2S. The van der Waals surface area contributed by atoms with Crippen molar-refractivity contribution in [2.24, 2.45) is 0 Å². The van der Waals surface area contributed by atoms with Gasteiger partial charge >= 0.3 is 0 Å². The fraction of sp³-hybridized carbons (Fsp3) is 0.333. The third-order valence-electron chi connectivity index (χ3n) is 3.84. The molecule has 3 rings (SSSR count). The van der Waals surface area contributed by atoms with E-state index < -0.39 is 0 Å². The van der Waals surface area contributed by atoms with Crippen LogP contribution in [0, 0.1) is 0 Å². The first-order chi connectivity index (χ1) is 11.1. The first-order valence-electron chi connectivity index (χ1n) is 7.84. The minimum atomic E-state index is -0.146. The number of carbonyl (C=O) groups excluding carboxylic acids is 2. The van der Waals surface area contributed by atoms with Gasteiger partial charge in [-0.1, -0.05) is 12.1 Å². The molecule has 4 nitrogen and oxygen atoms in total. The summed E-state index contributed by atoms with van der Waals surface area (Å²) in [5.41, 5.74) is 1.27. The molecule has 2 aromatic rings. The summed E-state index contributed by atoms with van der Waals surface area (Å²) in [7, 11) is 0. The average Bonchev–Trinajstić information content (AvgIpc) is 3.18.